The summed E-state index contributed by atoms with van der Waals surface area (Å²) in [4.78, 5) is 6.77. The fourth-order valence-electron chi connectivity index (χ4n) is 3.54. The van der Waals surface area contributed by atoms with Gasteiger partial charge in [0.25, 0.3) is 0 Å². The van der Waals surface area contributed by atoms with E-state index in [-0.39, 0.29) is 0 Å². The molecule has 0 aliphatic carbocycles. The van der Waals surface area contributed by atoms with Gasteiger partial charge in [-0.2, -0.15) is 10.4 Å². The van der Waals surface area contributed by atoms with E-state index in [1.807, 2.05) is 54.3 Å². The molecule has 1 aliphatic heterocycles. The molecule has 2 aromatic heterocycles. The summed E-state index contributed by atoms with van der Waals surface area (Å²) < 4.78 is 1.85. The van der Waals surface area contributed by atoms with Gasteiger partial charge in [-0.25, -0.2) is 4.98 Å². The number of aryl methyl sites for hydroxylation is 1. The van der Waals surface area contributed by atoms with E-state index in [1.54, 1.807) is 0 Å². The zero-order valence-electron chi connectivity index (χ0n) is 15.3. The summed E-state index contributed by atoms with van der Waals surface area (Å²) in [5.74, 6) is 1.04. The van der Waals surface area contributed by atoms with E-state index in [4.69, 9.17) is 5.26 Å². The first-order valence-electron chi connectivity index (χ1n) is 9.15. The van der Waals surface area contributed by atoms with Gasteiger partial charge in [-0.3, -0.25) is 4.68 Å². The van der Waals surface area contributed by atoms with E-state index in [1.165, 1.54) is 5.56 Å². The molecule has 0 saturated carbocycles. The van der Waals surface area contributed by atoms with Gasteiger partial charge in [-0.1, -0.05) is 18.2 Å². The third kappa shape index (κ3) is 3.83. The van der Waals surface area contributed by atoms with Crippen LogP contribution in [0.4, 0.5) is 5.82 Å². The largest absolute Gasteiger partial charge is 0.355 e. The van der Waals surface area contributed by atoms with Gasteiger partial charge in [0.15, 0.2) is 0 Å². The Morgan fingerprint density at radius 3 is 2.81 bits per heavy atom. The highest BCUT2D eigenvalue weighted by Crippen LogP contribution is 2.23. The number of hydrogen-bond donors (Lipinski definition) is 1. The van der Waals surface area contributed by atoms with E-state index in [9.17, 15) is 0 Å². The average Bonchev–Trinajstić information content (AvgIpc) is 3.33. The first kappa shape index (κ1) is 17.3. The predicted molar refractivity (Wildman–Crippen MR) is 105 cm³/mol. The molecule has 1 aliphatic rings. The molecule has 1 N–H and O–H groups in total. The Hall–Kier alpha value is -3.17. The molecule has 1 atom stereocenters. The van der Waals surface area contributed by atoms with E-state index in [2.05, 4.69) is 38.6 Å². The lowest BCUT2D eigenvalue weighted by Crippen LogP contribution is -2.32. The van der Waals surface area contributed by atoms with Crippen molar-refractivity contribution in [3.05, 3.63) is 66.0 Å². The van der Waals surface area contributed by atoms with Gasteiger partial charge in [0, 0.05) is 56.2 Å². The van der Waals surface area contributed by atoms with Gasteiger partial charge in [0.2, 0.25) is 0 Å². The van der Waals surface area contributed by atoms with Gasteiger partial charge < -0.3 is 10.2 Å². The highest BCUT2D eigenvalue weighted by molar-refractivity contribution is 5.63. The summed E-state index contributed by atoms with van der Waals surface area (Å²) in [5, 5.41) is 17.3. The number of rotatable bonds is 5. The van der Waals surface area contributed by atoms with Crippen LogP contribution in [0.15, 0.2) is 54.9 Å². The lowest BCUT2D eigenvalue weighted by atomic mass is 10.1. The standard InChI is InChI=1S/C21H22N6/c1-26-14-18(21(25-26)17-7-5-16(12-22)6-8-17)13-24-19-9-11-27(15-19)20-4-2-3-10-23-20/h2-8,10,14,19,24H,9,11,13,15H2,1H3. The second-order valence-electron chi connectivity index (χ2n) is 6.87. The predicted octanol–water partition coefficient (Wildman–Crippen LogP) is 2.72. The van der Waals surface area contributed by atoms with Crippen LogP contribution < -0.4 is 10.2 Å². The highest BCUT2D eigenvalue weighted by atomic mass is 15.3. The molecule has 0 amide bonds. The maximum absolute atomic E-state index is 8.98. The Kier molecular flexibility index (Phi) is 4.86. The number of pyridine rings is 1. The Balaban J connectivity index is 1.42. The Morgan fingerprint density at radius 2 is 2.07 bits per heavy atom. The first-order chi connectivity index (χ1) is 13.2. The monoisotopic (exact) mass is 358 g/mol. The Bertz CT molecular complexity index is 939. The number of anilines is 1. The number of hydrogen-bond acceptors (Lipinski definition) is 5. The van der Waals surface area contributed by atoms with Gasteiger partial charge >= 0.3 is 0 Å². The zero-order valence-corrected chi connectivity index (χ0v) is 15.3. The fraction of sp³-hybridized carbons (Fsp3) is 0.286. The van der Waals surface area contributed by atoms with Crippen molar-refractivity contribution in [1.29, 1.82) is 5.26 Å². The summed E-state index contributed by atoms with van der Waals surface area (Å²) in [6, 6.07) is 16.2. The number of nitriles is 1. The molecular weight excluding hydrogens is 336 g/mol. The maximum Gasteiger partial charge on any atom is 0.128 e. The van der Waals surface area contributed by atoms with E-state index in [0.717, 1.165) is 43.1 Å². The molecule has 1 fully saturated rings. The minimum atomic E-state index is 0.432. The third-order valence-corrected chi connectivity index (χ3v) is 4.93. The molecule has 0 bridgehead atoms. The molecule has 1 saturated heterocycles. The molecule has 6 nitrogen and oxygen atoms in total. The quantitative estimate of drug-likeness (QED) is 0.759. The van der Waals surface area contributed by atoms with Crippen LogP contribution in [0.1, 0.15) is 17.5 Å². The topological polar surface area (TPSA) is 69.8 Å². The fourth-order valence-corrected chi connectivity index (χ4v) is 3.54. The molecule has 6 heteroatoms. The number of nitrogens with one attached hydrogen (secondary N) is 1. The van der Waals surface area contributed by atoms with E-state index in [0.29, 0.717) is 11.6 Å². The summed E-state index contributed by atoms with van der Waals surface area (Å²) in [5.41, 5.74) is 3.83. The van der Waals surface area contributed by atoms with Crippen LogP contribution in [0.2, 0.25) is 0 Å². The molecule has 0 spiro atoms. The molecule has 0 radical (unpaired) electrons. The van der Waals surface area contributed by atoms with Crippen molar-refractivity contribution in [2.75, 3.05) is 18.0 Å². The molecule has 3 heterocycles. The normalized spacial score (nSPS) is 16.4. The smallest absolute Gasteiger partial charge is 0.128 e. The molecule has 1 unspecified atom stereocenters. The van der Waals surface area contributed by atoms with Crippen LogP contribution in [0.3, 0.4) is 0 Å². The van der Waals surface area contributed by atoms with Crippen molar-refractivity contribution >= 4 is 5.82 Å². The third-order valence-electron chi connectivity index (χ3n) is 4.93. The SMILES string of the molecule is Cn1cc(CNC2CCN(c3ccccn3)C2)c(-c2ccc(C#N)cc2)n1. The minimum Gasteiger partial charge on any atom is -0.355 e. The molecule has 4 rings (SSSR count). The van der Waals surface area contributed by atoms with Crippen molar-refractivity contribution in [3.8, 4) is 17.3 Å². The van der Waals surface area contributed by atoms with Gasteiger partial charge in [0.05, 0.1) is 17.3 Å². The molecule has 3 aromatic rings. The first-order valence-corrected chi connectivity index (χ1v) is 9.15. The Labute approximate surface area is 159 Å². The van der Waals surface area contributed by atoms with E-state index < -0.39 is 0 Å². The Morgan fingerprint density at radius 1 is 1.22 bits per heavy atom. The van der Waals surface area contributed by atoms with Crippen LogP contribution in [0.5, 0.6) is 0 Å². The maximum atomic E-state index is 8.98. The van der Waals surface area contributed by atoms with Crippen LogP contribution in [0, 0.1) is 11.3 Å². The van der Waals surface area contributed by atoms with E-state index >= 15 is 0 Å². The summed E-state index contributed by atoms with van der Waals surface area (Å²) in [7, 11) is 1.94. The van der Waals surface area contributed by atoms with Crippen molar-refractivity contribution < 1.29 is 0 Å². The highest BCUT2D eigenvalue weighted by Gasteiger charge is 2.23. The van der Waals surface area contributed by atoms with Crippen molar-refractivity contribution in [1.82, 2.24) is 20.1 Å². The second kappa shape index (κ2) is 7.60. The van der Waals surface area contributed by atoms with Crippen LogP contribution in [-0.4, -0.2) is 33.9 Å². The zero-order chi connectivity index (χ0) is 18.6. The lowest BCUT2D eigenvalue weighted by molar-refractivity contribution is 0.551. The van der Waals surface area contributed by atoms with Gasteiger partial charge in [-0.05, 0) is 30.7 Å². The van der Waals surface area contributed by atoms with Crippen molar-refractivity contribution in [2.24, 2.45) is 7.05 Å². The van der Waals surface area contributed by atoms with Gasteiger partial charge in [-0.15, -0.1) is 0 Å². The number of benzene rings is 1. The van der Waals surface area contributed by atoms with Crippen molar-refractivity contribution in [2.45, 2.75) is 19.0 Å². The number of nitrogens with zero attached hydrogens (tertiary/aromatic N) is 5. The molecular formula is C21H22N6. The van der Waals surface area contributed by atoms with Crippen LogP contribution in [-0.2, 0) is 13.6 Å². The van der Waals surface area contributed by atoms with Crippen LogP contribution in [0.25, 0.3) is 11.3 Å². The summed E-state index contributed by atoms with van der Waals surface area (Å²) in [6.07, 6.45) is 5.00. The lowest BCUT2D eigenvalue weighted by Gasteiger charge is -2.17. The summed E-state index contributed by atoms with van der Waals surface area (Å²) in [6.45, 7) is 2.75. The average molecular weight is 358 g/mol. The minimum absolute atomic E-state index is 0.432. The molecule has 1 aromatic carbocycles. The van der Waals surface area contributed by atoms with Crippen molar-refractivity contribution in [3.63, 3.8) is 0 Å². The van der Waals surface area contributed by atoms with Gasteiger partial charge in [0.1, 0.15) is 5.82 Å². The molecule has 136 valence electrons. The molecule has 27 heavy (non-hydrogen) atoms. The van der Waals surface area contributed by atoms with Crippen LogP contribution >= 0.6 is 0 Å². The summed E-state index contributed by atoms with van der Waals surface area (Å²) >= 11 is 0. The number of aromatic nitrogens is 3. The second-order valence-corrected chi connectivity index (χ2v) is 6.87.